The van der Waals surface area contributed by atoms with E-state index in [0.29, 0.717) is 12.2 Å². The molecule has 1 aromatic rings. The number of hydrogen-bond acceptors (Lipinski definition) is 4. The maximum absolute atomic E-state index is 11.5. The van der Waals surface area contributed by atoms with Gasteiger partial charge in [-0.15, -0.1) is 0 Å². The average Bonchev–Trinajstić information content (AvgIpc) is 2.33. The molecule has 0 saturated carbocycles. The lowest BCUT2D eigenvalue weighted by Gasteiger charge is -2.07. The first-order valence-electron chi connectivity index (χ1n) is 5.96. The Labute approximate surface area is 110 Å². The number of rotatable bonds is 5. The molecule has 0 saturated heterocycles. The summed E-state index contributed by atoms with van der Waals surface area (Å²) in [5.41, 5.74) is 0.895. The Kier molecular flexibility index (Phi) is 8.55. The summed E-state index contributed by atoms with van der Waals surface area (Å²) in [6, 6.07) is 6.72. The molecule has 0 unspecified atom stereocenters. The highest BCUT2D eigenvalue weighted by Gasteiger charge is 2.08. The molecule has 2 N–H and O–H groups in total. The quantitative estimate of drug-likeness (QED) is 0.808. The van der Waals surface area contributed by atoms with Crippen molar-refractivity contribution >= 4 is 14.4 Å². The second kappa shape index (κ2) is 9.03. The van der Waals surface area contributed by atoms with Gasteiger partial charge in [0.2, 0.25) is 0 Å². The molecule has 4 nitrogen and oxygen atoms in total. The summed E-state index contributed by atoms with van der Waals surface area (Å²) >= 11 is 0. The molecule has 0 aliphatic heterocycles. The van der Waals surface area contributed by atoms with Gasteiger partial charge in [0.15, 0.2) is 0 Å². The highest BCUT2D eigenvalue weighted by Crippen LogP contribution is 2.28. The zero-order valence-electron chi connectivity index (χ0n) is 11.3. The third-order valence-corrected chi connectivity index (χ3v) is 2.51. The van der Waals surface area contributed by atoms with Gasteiger partial charge in [-0.1, -0.05) is 39.8 Å². The second-order valence-electron chi connectivity index (χ2n) is 3.79. The van der Waals surface area contributed by atoms with Crippen molar-refractivity contribution in [1.29, 1.82) is 0 Å². The van der Waals surface area contributed by atoms with Gasteiger partial charge in [-0.25, -0.2) is 0 Å². The van der Waals surface area contributed by atoms with Crippen LogP contribution < -0.4 is 4.52 Å². The van der Waals surface area contributed by atoms with Crippen LogP contribution in [0.5, 0.6) is 5.75 Å². The SMILES string of the molecule is CC.CC(C)C(=O)Cc1ccc(OP(O)O)cc1. The summed E-state index contributed by atoms with van der Waals surface area (Å²) in [5.74, 6) is 0.593. The molecule has 0 fully saturated rings. The van der Waals surface area contributed by atoms with E-state index in [-0.39, 0.29) is 11.7 Å². The van der Waals surface area contributed by atoms with Crippen molar-refractivity contribution in [2.75, 3.05) is 0 Å². The normalized spacial score (nSPS) is 10.0. The Morgan fingerprint density at radius 2 is 1.72 bits per heavy atom. The maximum Gasteiger partial charge on any atom is 0.391 e. The zero-order valence-corrected chi connectivity index (χ0v) is 12.1. The third kappa shape index (κ3) is 6.70. The van der Waals surface area contributed by atoms with Gasteiger partial charge >= 0.3 is 8.60 Å². The predicted octanol–water partition coefficient (Wildman–Crippen LogP) is 3.07. The lowest BCUT2D eigenvalue weighted by atomic mass is 10.0. The summed E-state index contributed by atoms with van der Waals surface area (Å²) < 4.78 is 4.71. The van der Waals surface area contributed by atoms with Gasteiger partial charge < -0.3 is 14.3 Å². The van der Waals surface area contributed by atoms with Crippen molar-refractivity contribution in [3.05, 3.63) is 29.8 Å². The van der Waals surface area contributed by atoms with Gasteiger partial charge in [-0.2, -0.15) is 0 Å². The molecule has 0 aromatic heterocycles. The minimum atomic E-state index is -2.38. The molecule has 0 radical (unpaired) electrons. The van der Waals surface area contributed by atoms with Crippen molar-refractivity contribution in [1.82, 2.24) is 0 Å². The molecule has 0 spiro atoms. The fourth-order valence-electron chi connectivity index (χ4n) is 1.17. The molecule has 0 amide bonds. The van der Waals surface area contributed by atoms with Crippen molar-refractivity contribution < 1.29 is 19.1 Å². The van der Waals surface area contributed by atoms with Crippen LogP contribution in [0.1, 0.15) is 33.3 Å². The van der Waals surface area contributed by atoms with E-state index in [9.17, 15) is 4.79 Å². The van der Waals surface area contributed by atoms with Crippen LogP contribution >= 0.6 is 8.60 Å². The number of hydrogen-bond donors (Lipinski definition) is 2. The van der Waals surface area contributed by atoms with Crippen LogP contribution in [0.2, 0.25) is 0 Å². The van der Waals surface area contributed by atoms with Gasteiger partial charge in [-0.3, -0.25) is 4.79 Å². The van der Waals surface area contributed by atoms with Gasteiger partial charge in [0.25, 0.3) is 0 Å². The first-order chi connectivity index (χ1) is 8.49. The molecule has 1 aromatic carbocycles. The number of carbonyl (C=O) groups excluding carboxylic acids is 1. The van der Waals surface area contributed by atoms with Crippen molar-refractivity contribution in [3.63, 3.8) is 0 Å². The maximum atomic E-state index is 11.5. The van der Waals surface area contributed by atoms with Crippen LogP contribution in [-0.2, 0) is 11.2 Å². The van der Waals surface area contributed by atoms with Crippen LogP contribution in [-0.4, -0.2) is 15.6 Å². The summed E-state index contributed by atoms with van der Waals surface area (Å²) in [6.07, 6.45) is 0.394. The van der Waals surface area contributed by atoms with E-state index < -0.39 is 8.60 Å². The number of ketones is 1. The highest BCUT2D eigenvalue weighted by molar-refractivity contribution is 7.39. The highest BCUT2D eigenvalue weighted by atomic mass is 31.2. The van der Waals surface area contributed by atoms with Crippen molar-refractivity contribution in [2.45, 2.75) is 34.1 Å². The van der Waals surface area contributed by atoms with Crippen LogP contribution in [0.4, 0.5) is 0 Å². The van der Waals surface area contributed by atoms with E-state index in [1.807, 2.05) is 27.7 Å². The molecule has 102 valence electrons. The Morgan fingerprint density at radius 3 is 2.11 bits per heavy atom. The number of carbonyl (C=O) groups is 1. The lowest BCUT2D eigenvalue weighted by molar-refractivity contribution is -0.121. The molecular weight excluding hydrogens is 251 g/mol. The van der Waals surface area contributed by atoms with E-state index in [2.05, 4.69) is 0 Å². The van der Waals surface area contributed by atoms with Crippen LogP contribution in [0.25, 0.3) is 0 Å². The number of Topliss-reactive ketones (excluding diaryl/α,β-unsaturated/α-hetero) is 1. The third-order valence-electron chi connectivity index (χ3n) is 2.13. The molecule has 5 heteroatoms. The van der Waals surface area contributed by atoms with Crippen LogP contribution in [0.15, 0.2) is 24.3 Å². The van der Waals surface area contributed by atoms with E-state index in [4.69, 9.17) is 14.3 Å². The van der Waals surface area contributed by atoms with Crippen LogP contribution in [0.3, 0.4) is 0 Å². The van der Waals surface area contributed by atoms with E-state index >= 15 is 0 Å². The monoisotopic (exact) mass is 272 g/mol. The largest absolute Gasteiger partial charge is 0.427 e. The minimum Gasteiger partial charge on any atom is -0.427 e. The summed E-state index contributed by atoms with van der Waals surface area (Å²) in [7, 11) is -2.38. The molecule has 0 atom stereocenters. The molecule has 1 rings (SSSR count). The Bertz CT molecular complexity index is 347. The van der Waals surface area contributed by atoms with E-state index in [0.717, 1.165) is 5.56 Å². The van der Waals surface area contributed by atoms with Crippen molar-refractivity contribution in [3.8, 4) is 5.75 Å². The van der Waals surface area contributed by atoms with E-state index in [1.165, 1.54) is 0 Å². The lowest BCUT2D eigenvalue weighted by Crippen LogP contribution is -2.09. The fraction of sp³-hybridized carbons (Fsp3) is 0.462. The topological polar surface area (TPSA) is 66.8 Å². The summed E-state index contributed by atoms with van der Waals surface area (Å²) in [5, 5.41) is 0. The van der Waals surface area contributed by atoms with Gasteiger partial charge in [0.05, 0.1) is 0 Å². The van der Waals surface area contributed by atoms with Gasteiger partial charge in [0, 0.05) is 12.3 Å². The molecule has 18 heavy (non-hydrogen) atoms. The molecule has 0 bridgehead atoms. The molecular formula is C13H21O4P. The fourth-order valence-corrected chi connectivity index (χ4v) is 1.48. The number of benzene rings is 1. The van der Waals surface area contributed by atoms with E-state index in [1.54, 1.807) is 24.3 Å². The van der Waals surface area contributed by atoms with Gasteiger partial charge in [0.1, 0.15) is 11.5 Å². The Balaban J connectivity index is 0.00000137. The van der Waals surface area contributed by atoms with Crippen molar-refractivity contribution in [2.24, 2.45) is 5.92 Å². The smallest absolute Gasteiger partial charge is 0.391 e. The van der Waals surface area contributed by atoms with Gasteiger partial charge in [-0.05, 0) is 17.7 Å². The average molecular weight is 272 g/mol. The first-order valence-corrected chi connectivity index (χ1v) is 7.13. The zero-order chi connectivity index (χ0) is 14.1. The summed E-state index contributed by atoms with van der Waals surface area (Å²) in [4.78, 5) is 28.7. The van der Waals surface area contributed by atoms with Crippen LogP contribution in [0, 0.1) is 5.92 Å². The Hall–Kier alpha value is -0.960. The predicted molar refractivity (Wildman–Crippen MR) is 73.3 cm³/mol. The molecule has 0 aliphatic rings. The first kappa shape index (κ1) is 17.0. The minimum absolute atomic E-state index is 0.0265. The second-order valence-corrected chi connectivity index (χ2v) is 4.47. The standard InChI is InChI=1S/C11H15O4P.C2H6/c1-8(2)11(12)7-9-3-5-10(6-4-9)15-16(13)14;1-2/h3-6,8,13-14H,7H2,1-2H3;1-2H3. The Morgan fingerprint density at radius 1 is 1.22 bits per heavy atom. The molecule has 0 heterocycles. The summed E-state index contributed by atoms with van der Waals surface area (Å²) in [6.45, 7) is 7.73. The molecule has 0 aliphatic carbocycles.